The van der Waals surface area contributed by atoms with Crippen molar-refractivity contribution in [2.24, 2.45) is 17.3 Å². The molecule has 2 rings (SSSR count). The van der Waals surface area contributed by atoms with Crippen molar-refractivity contribution in [3.05, 3.63) is 58.9 Å². The van der Waals surface area contributed by atoms with Crippen molar-refractivity contribution in [3.63, 3.8) is 0 Å². The molecule has 1 amide bonds. The van der Waals surface area contributed by atoms with Gasteiger partial charge in [-0.05, 0) is 60.4 Å². The average Bonchev–Trinajstić information content (AvgIpc) is 3.03. The summed E-state index contributed by atoms with van der Waals surface area (Å²) in [6.45, 7) is 16.9. The zero-order valence-corrected chi connectivity index (χ0v) is 20.5. The van der Waals surface area contributed by atoms with E-state index in [-0.39, 0.29) is 17.4 Å². The monoisotopic (exact) mass is 430 g/mol. The van der Waals surface area contributed by atoms with Crippen molar-refractivity contribution >= 4 is 17.5 Å². The minimum absolute atomic E-state index is 0.189. The van der Waals surface area contributed by atoms with Crippen LogP contribution in [0.25, 0.3) is 0 Å². The highest BCUT2D eigenvalue weighted by atomic mass is 35.5. The maximum absolute atomic E-state index is 13.3. The Morgan fingerprint density at radius 1 is 1.10 bits per heavy atom. The van der Waals surface area contributed by atoms with Crippen molar-refractivity contribution in [1.29, 1.82) is 0 Å². The van der Waals surface area contributed by atoms with E-state index in [0.29, 0.717) is 24.8 Å². The van der Waals surface area contributed by atoms with E-state index in [0.717, 1.165) is 29.2 Å². The number of hydrogen-bond donors (Lipinski definition) is 0. The number of benzene rings is 1. The summed E-state index contributed by atoms with van der Waals surface area (Å²) in [5, 5.41) is 0.749. The molecule has 0 fully saturated rings. The molecular formula is C26H39ClN2O. The van der Waals surface area contributed by atoms with Gasteiger partial charge in [0.25, 0.3) is 0 Å². The number of hydrogen-bond acceptors (Lipinski definition) is 1. The molecule has 0 aliphatic carbocycles. The zero-order valence-electron chi connectivity index (χ0n) is 19.8. The number of rotatable bonds is 9. The Balaban J connectivity index is 2.17. The Hall–Kier alpha value is -1.74. The molecule has 0 saturated heterocycles. The summed E-state index contributed by atoms with van der Waals surface area (Å²) in [6, 6.07) is 12.3. The standard InChI is InChI=1S/C26H39ClN2O/c1-19(2)21(4)29(25(30)14-20(3)16-26(5,6)7)18-24-12-9-13-28(24)17-22-10-8-11-23(27)15-22/h8-13,15,19-21H,14,16-18H2,1-7H3. The fourth-order valence-corrected chi connectivity index (χ4v) is 4.32. The number of carbonyl (C=O) groups excluding carboxylic acids is 1. The van der Waals surface area contributed by atoms with Gasteiger partial charge in [0.15, 0.2) is 0 Å². The van der Waals surface area contributed by atoms with Crippen molar-refractivity contribution in [2.75, 3.05) is 0 Å². The fraction of sp³-hybridized carbons (Fsp3) is 0.577. The number of carbonyl (C=O) groups is 1. The first-order chi connectivity index (χ1) is 14.0. The molecule has 4 heteroatoms. The highest BCUT2D eigenvalue weighted by molar-refractivity contribution is 6.30. The third-order valence-electron chi connectivity index (χ3n) is 5.76. The van der Waals surface area contributed by atoms with Crippen LogP contribution in [0.4, 0.5) is 0 Å². The molecule has 0 N–H and O–H groups in total. The molecule has 2 unspecified atom stereocenters. The molecule has 0 bridgehead atoms. The SMILES string of the molecule is CC(CC(=O)N(Cc1cccn1Cc1cccc(Cl)c1)C(C)C(C)C)CC(C)(C)C. The Morgan fingerprint density at radius 3 is 2.40 bits per heavy atom. The quantitative estimate of drug-likeness (QED) is 0.419. The van der Waals surface area contributed by atoms with Gasteiger partial charge >= 0.3 is 0 Å². The van der Waals surface area contributed by atoms with Crippen LogP contribution < -0.4 is 0 Å². The predicted octanol–water partition coefficient (Wildman–Crippen LogP) is 7.03. The predicted molar refractivity (Wildman–Crippen MR) is 128 cm³/mol. The smallest absolute Gasteiger partial charge is 0.223 e. The topological polar surface area (TPSA) is 25.2 Å². The first-order valence-corrected chi connectivity index (χ1v) is 11.5. The summed E-state index contributed by atoms with van der Waals surface area (Å²) in [5.41, 5.74) is 2.55. The second-order valence-electron chi connectivity index (χ2n) is 10.3. The zero-order chi connectivity index (χ0) is 22.5. The first-order valence-electron chi connectivity index (χ1n) is 11.1. The van der Waals surface area contributed by atoms with Crippen LogP contribution in [0.5, 0.6) is 0 Å². The highest BCUT2D eigenvalue weighted by Crippen LogP contribution is 2.27. The van der Waals surface area contributed by atoms with E-state index in [2.05, 4.69) is 82.3 Å². The molecule has 0 radical (unpaired) electrons. The first kappa shape index (κ1) is 24.5. The van der Waals surface area contributed by atoms with Crippen LogP contribution in [-0.2, 0) is 17.9 Å². The van der Waals surface area contributed by atoms with Crippen LogP contribution >= 0.6 is 11.6 Å². The van der Waals surface area contributed by atoms with Gasteiger partial charge < -0.3 is 9.47 Å². The Morgan fingerprint density at radius 2 is 1.80 bits per heavy atom. The number of halogens is 1. The lowest BCUT2D eigenvalue weighted by molar-refractivity contribution is -0.136. The molecule has 0 aliphatic rings. The van der Waals surface area contributed by atoms with Gasteiger partial charge in [-0.25, -0.2) is 0 Å². The molecule has 2 aromatic rings. The van der Waals surface area contributed by atoms with Gasteiger partial charge in [0.1, 0.15) is 0 Å². The van der Waals surface area contributed by atoms with E-state index in [9.17, 15) is 4.79 Å². The van der Waals surface area contributed by atoms with Gasteiger partial charge in [-0.2, -0.15) is 0 Å². The number of aromatic nitrogens is 1. The number of amides is 1. The molecular weight excluding hydrogens is 392 g/mol. The fourth-order valence-electron chi connectivity index (χ4n) is 4.11. The summed E-state index contributed by atoms with van der Waals surface area (Å²) >= 11 is 6.16. The Kier molecular flexibility index (Phi) is 8.61. The Bertz CT molecular complexity index is 818. The molecule has 30 heavy (non-hydrogen) atoms. The summed E-state index contributed by atoms with van der Waals surface area (Å²) in [4.78, 5) is 15.4. The molecule has 1 heterocycles. The maximum Gasteiger partial charge on any atom is 0.223 e. The molecule has 3 nitrogen and oxygen atoms in total. The molecule has 1 aromatic carbocycles. The van der Waals surface area contributed by atoms with Crippen LogP contribution in [0.15, 0.2) is 42.6 Å². The summed E-state index contributed by atoms with van der Waals surface area (Å²) in [7, 11) is 0. The largest absolute Gasteiger partial charge is 0.345 e. The molecule has 1 aromatic heterocycles. The van der Waals surface area contributed by atoms with Crippen molar-refractivity contribution in [2.45, 2.75) is 80.4 Å². The third-order valence-corrected chi connectivity index (χ3v) is 5.99. The third kappa shape index (κ3) is 7.50. The van der Waals surface area contributed by atoms with Gasteiger partial charge in [0, 0.05) is 35.9 Å². The van der Waals surface area contributed by atoms with Gasteiger partial charge in [0.05, 0.1) is 6.54 Å². The molecule has 2 atom stereocenters. The number of nitrogens with zero attached hydrogens (tertiary/aromatic N) is 2. The molecule has 0 aliphatic heterocycles. The second kappa shape index (κ2) is 10.5. The van der Waals surface area contributed by atoms with E-state index in [1.54, 1.807) is 0 Å². The normalized spacial score (nSPS) is 14.0. The minimum Gasteiger partial charge on any atom is -0.345 e. The van der Waals surface area contributed by atoms with Gasteiger partial charge in [-0.3, -0.25) is 4.79 Å². The summed E-state index contributed by atoms with van der Waals surface area (Å²) < 4.78 is 2.22. The lowest BCUT2D eigenvalue weighted by Gasteiger charge is -2.34. The van der Waals surface area contributed by atoms with Crippen molar-refractivity contribution in [3.8, 4) is 0 Å². The van der Waals surface area contributed by atoms with Crippen LogP contribution in [0.1, 0.15) is 72.6 Å². The Labute approximate surface area is 188 Å². The van der Waals surface area contributed by atoms with Crippen molar-refractivity contribution < 1.29 is 4.79 Å². The minimum atomic E-state index is 0.189. The van der Waals surface area contributed by atoms with Crippen LogP contribution in [0, 0.1) is 17.3 Å². The summed E-state index contributed by atoms with van der Waals surface area (Å²) in [6.07, 6.45) is 3.73. The van der Waals surface area contributed by atoms with Crippen molar-refractivity contribution in [1.82, 2.24) is 9.47 Å². The lowest BCUT2D eigenvalue weighted by Crippen LogP contribution is -2.42. The van der Waals surface area contributed by atoms with Gasteiger partial charge in [-0.15, -0.1) is 0 Å². The second-order valence-corrected chi connectivity index (χ2v) is 10.8. The van der Waals surface area contributed by atoms with Crippen LogP contribution in [-0.4, -0.2) is 21.4 Å². The van der Waals surface area contributed by atoms with Crippen LogP contribution in [0.2, 0.25) is 5.02 Å². The van der Waals surface area contributed by atoms with Gasteiger partial charge in [0.2, 0.25) is 5.91 Å². The molecule has 166 valence electrons. The molecule has 0 saturated carbocycles. The maximum atomic E-state index is 13.3. The molecule has 0 spiro atoms. The van der Waals surface area contributed by atoms with E-state index in [4.69, 9.17) is 11.6 Å². The van der Waals surface area contributed by atoms with E-state index in [1.807, 2.05) is 18.2 Å². The van der Waals surface area contributed by atoms with Crippen LogP contribution in [0.3, 0.4) is 0 Å². The van der Waals surface area contributed by atoms with E-state index in [1.165, 1.54) is 0 Å². The lowest BCUT2D eigenvalue weighted by atomic mass is 9.84. The average molecular weight is 431 g/mol. The summed E-state index contributed by atoms with van der Waals surface area (Å²) in [5.74, 6) is 1.03. The van der Waals surface area contributed by atoms with E-state index >= 15 is 0 Å². The van der Waals surface area contributed by atoms with E-state index < -0.39 is 0 Å². The highest BCUT2D eigenvalue weighted by Gasteiger charge is 2.26. The van der Waals surface area contributed by atoms with Gasteiger partial charge in [-0.1, -0.05) is 65.3 Å².